The normalized spacial score (nSPS) is 12.0. The van der Waals surface area contributed by atoms with Crippen molar-refractivity contribution in [2.75, 3.05) is 24.6 Å². The second kappa shape index (κ2) is 11.6. The molecular weight excluding hydrogens is 532 g/mol. The van der Waals surface area contributed by atoms with Crippen molar-refractivity contribution in [3.05, 3.63) is 82.3 Å². The highest BCUT2D eigenvalue weighted by atomic mass is 79.9. The number of nitrogens with zero attached hydrogens (tertiary/aromatic N) is 1. The number of rotatable bonds is 10. The van der Waals surface area contributed by atoms with Crippen molar-refractivity contribution in [1.29, 1.82) is 0 Å². The number of aryl methyl sites for hydroxylation is 1. The second-order valence-electron chi connectivity index (χ2n) is 7.93. The molecule has 0 saturated carbocycles. The van der Waals surface area contributed by atoms with Crippen molar-refractivity contribution in [3.8, 4) is 11.5 Å². The number of methoxy groups -OCH3 is 1. The highest BCUT2D eigenvalue weighted by Crippen LogP contribution is 2.31. The number of sulfonamides is 1. The Bertz CT molecular complexity index is 1260. The maximum Gasteiger partial charge on any atom is 0.264 e. The quantitative estimate of drug-likeness (QED) is 0.366. The number of nitrogens with one attached hydrogen (secondary N) is 1. The van der Waals surface area contributed by atoms with Crippen LogP contribution in [0, 0.1) is 6.92 Å². The predicted octanol–water partition coefficient (Wildman–Crippen LogP) is 5.24. The molecule has 0 heterocycles. The molecule has 0 spiro atoms. The number of amides is 1. The summed E-state index contributed by atoms with van der Waals surface area (Å²) in [5, 5.41) is 2.90. The summed E-state index contributed by atoms with van der Waals surface area (Å²) in [7, 11) is -2.55. The topological polar surface area (TPSA) is 84.9 Å². The van der Waals surface area contributed by atoms with Gasteiger partial charge in [0.05, 0.1) is 34.8 Å². The maximum absolute atomic E-state index is 13.6. The highest BCUT2D eigenvalue weighted by molar-refractivity contribution is 9.10. The van der Waals surface area contributed by atoms with Crippen LogP contribution in [0.4, 0.5) is 5.69 Å². The third-order valence-electron chi connectivity index (χ3n) is 5.39. The van der Waals surface area contributed by atoms with Gasteiger partial charge in [0, 0.05) is 0 Å². The molecule has 0 aliphatic carbocycles. The van der Waals surface area contributed by atoms with Crippen LogP contribution in [-0.2, 0) is 14.8 Å². The Balaban J connectivity index is 1.86. The van der Waals surface area contributed by atoms with Crippen LogP contribution < -0.4 is 19.1 Å². The van der Waals surface area contributed by atoms with Gasteiger partial charge in [0.2, 0.25) is 5.91 Å². The van der Waals surface area contributed by atoms with Crippen molar-refractivity contribution >= 4 is 37.5 Å². The predicted molar refractivity (Wildman–Crippen MR) is 141 cm³/mol. The van der Waals surface area contributed by atoms with Gasteiger partial charge in [0.1, 0.15) is 18.0 Å². The third kappa shape index (κ3) is 6.55. The van der Waals surface area contributed by atoms with Gasteiger partial charge in [-0.2, -0.15) is 0 Å². The Kier molecular flexibility index (Phi) is 8.80. The van der Waals surface area contributed by atoms with Crippen LogP contribution in [0.25, 0.3) is 0 Å². The number of halogens is 1. The molecule has 186 valence electrons. The Morgan fingerprint density at radius 3 is 2.29 bits per heavy atom. The molecule has 35 heavy (non-hydrogen) atoms. The number of hydrogen-bond acceptors (Lipinski definition) is 5. The van der Waals surface area contributed by atoms with Gasteiger partial charge in [-0.1, -0.05) is 29.8 Å². The van der Waals surface area contributed by atoms with E-state index in [1.165, 1.54) is 19.2 Å². The third-order valence-corrected chi connectivity index (χ3v) is 7.78. The number of hydrogen-bond donors (Lipinski definition) is 1. The fourth-order valence-corrected chi connectivity index (χ4v) is 5.62. The summed E-state index contributed by atoms with van der Waals surface area (Å²) < 4.78 is 39.5. The standard InChI is InChI=1S/C26H29BrN2O5S/c1-5-34-22-12-8-20(9-13-22)19(3)28-26(30)17-29(21-10-6-18(2)7-11-21)35(31,32)23-14-15-25(33-4)24(27)16-23/h6-16,19H,5,17H2,1-4H3,(H,28,30). The molecule has 1 amide bonds. The molecule has 1 N–H and O–H groups in total. The fraction of sp³-hybridized carbons (Fsp3) is 0.269. The zero-order valence-corrected chi connectivity index (χ0v) is 22.5. The van der Waals surface area contributed by atoms with E-state index < -0.39 is 15.9 Å². The van der Waals surface area contributed by atoms with Crippen molar-refractivity contribution in [2.24, 2.45) is 0 Å². The SMILES string of the molecule is CCOc1ccc(C(C)NC(=O)CN(c2ccc(C)cc2)S(=O)(=O)c2ccc(OC)c(Br)c2)cc1. The van der Waals surface area contributed by atoms with Crippen LogP contribution in [-0.4, -0.2) is 34.6 Å². The number of ether oxygens (including phenoxy) is 2. The molecule has 0 saturated heterocycles. The lowest BCUT2D eigenvalue weighted by atomic mass is 10.1. The molecule has 0 bridgehead atoms. The summed E-state index contributed by atoms with van der Waals surface area (Å²) in [6.45, 7) is 5.86. The summed E-state index contributed by atoms with van der Waals surface area (Å²) in [6, 6.07) is 18.6. The molecule has 3 rings (SSSR count). The van der Waals surface area contributed by atoms with Crippen LogP contribution in [0.3, 0.4) is 0 Å². The smallest absolute Gasteiger partial charge is 0.264 e. The van der Waals surface area contributed by atoms with Gasteiger partial charge in [0.25, 0.3) is 10.0 Å². The molecule has 0 aliphatic rings. The lowest BCUT2D eigenvalue weighted by Gasteiger charge is -2.25. The molecular formula is C26H29BrN2O5S. The number of anilines is 1. The van der Waals surface area contributed by atoms with E-state index in [1.807, 2.05) is 57.2 Å². The number of benzene rings is 3. The van der Waals surface area contributed by atoms with Crippen molar-refractivity contribution < 1.29 is 22.7 Å². The van der Waals surface area contributed by atoms with Gasteiger partial charge in [-0.3, -0.25) is 9.10 Å². The Morgan fingerprint density at radius 2 is 1.71 bits per heavy atom. The van der Waals surface area contributed by atoms with Gasteiger partial charge >= 0.3 is 0 Å². The first-order valence-corrected chi connectivity index (χ1v) is 13.3. The largest absolute Gasteiger partial charge is 0.496 e. The average Bonchev–Trinajstić information content (AvgIpc) is 2.83. The Morgan fingerprint density at radius 1 is 1.06 bits per heavy atom. The van der Waals surface area contributed by atoms with E-state index in [0.29, 0.717) is 22.5 Å². The minimum atomic E-state index is -4.05. The lowest BCUT2D eigenvalue weighted by Crippen LogP contribution is -2.41. The summed E-state index contributed by atoms with van der Waals surface area (Å²) >= 11 is 3.34. The van der Waals surface area contributed by atoms with E-state index in [2.05, 4.69) is 21.2 Å². The van der Waals surface area contributed by atoms with Gasteiger partial charge in [-0.05, 0) is 84.7 Å². The van der Waals surface area contributed by atoms with Gasteiger partial charge < -0.3 is 14.8 Å². The first kappa shape index (κ1) is 26.6. The van der Waals surface area contributed by atoms with E-state index in [-0.39, 0.29) is 17.5 Å². The van der Waals surface area contributed by atoms with Crippen LogP contribution in [0.15, 0.2) is 76.1 Å². The van der Waals surface area contributed by atoms with Gasteiger partial charge in [0.15, 0.2) is 0 Å². The molecule has 0 aromatic heterocycles. The molecule has 9 heteroatoms. The Labute approximate surface area is 215 Å². The van der Waals surface area contributed by atoms with E-state index in [4.69, 9.17) is 9.47 Å². The number of carbonyl (C=O) groups is 1. The van der Waals surface area contributed by atoms with Crippen LogP contribution in [0.1, 0.15) is 31.0 Å². The summed E-state index contributed by atoms with van der Waals surface area (Å²) in [5.74, 6) is 0.827. The van der Waals surface area contributed by atoms with Gasteiger partial charge in [-0.15, -0.1) is 0 Å². The van der Waals surface area contributed by atoms with Crippen LogP contribution >= 0.6 is 15.9 Å². The van der Waals surface area contributed by atoms with Crippen molar-refractivity contribution in [3.63, 3.8) is 0 Å². The molecule has 0 aliphatic heterocycles. The van der Waals surface area contributed by atoms with Crippen molar-refractivity contribution in [1.82, 2.24) is 5.32 Å². The average molecular weight is 561 g/mol. The van der Waals surface area contributed by atoms with E-state index in [1.54, 1.807) is 18.2 Å². The summed E-state index contributed by atoms with van der Waals surface area (Å²) in [6.07, 6.45) is 0. The molecule has 0 radical (unpaired) electrons. The molecule has 0 fully saturated rings. The van der Waals surface area contributed by atoms with Crippen LogP contribution in [0.5, 0.6) is 11.5 Å². The zero-order chi connectivity index (χ0) is 25.6. The lowest BCUT2D eigenvalue weighted by molar-refractivity contribution is -0.120. The molecule has 1 unspecified atom stereocenters. The van der Waals surface area contributed by atoms with Crippen LogP contribution in [0.2, 0.25) is 0 Å². The molecule has 1 atom stereocenters. The minimum Gasteiger partial charge on any atom is -0.496 e. The van der Waals surface area contributed by atoms with E-state index >= 15 is 0 Å². The van der Waals surface area contributed by atoms with E-state index in [0.717, 1.165) is 21.2 Å². The highest BCUT2D eigenvalue weighted by Gasteiger charge is 2.28. The van der Waals surface area contributed by atoms with E-state index in [9.17, 15) is 13.2 Å². The first-order valence-electron chi connectivity index (χ1n) is 11.1. The monoisotopic (exact) mass is 560 g/mol. The molecule has 3 aromatic rings. The Hall–Kier alpha value is -3.04. The number of carbonyl (C=O) groups excluding carboxylic acids is 1. The maximum atomic E-state index is 13.6. The minimum absolute atomic E-state index is 0.0399. The zero-order valence-electron chi connectivity index (χ0n) is 20.1. The summed E-state index contributed by atoms with van der Waals surface area (Å²) in [4.78, 5) is 13.1. The first-order chi connectivity index (χ1) is 16.6. The molecule has 3 aromatic carbocycles. The van der Waals surface area contributed by atoms with Gasteiger partial charge in [-0.25, -0.2) is 8.42 Å². The fourth-order valence-electron chi connectivity index (χ4n) is 3.48. The molecule has 7 nitrogen and oxygen atoms in total. The second-order valence-corrected chi connectivity index (χ2v) is 10.7. The van der Waals surface area contributed by atoms with Crippen molar-refractivity contribution in [2.45, 2.75) is 31.7 Å². The summed E-state index contributed by atoms with van der Waals surface area (Å²) in [5.41, 5.74) is 2.25.